The van der Waals surface area contributed by atoms with Gasteiger partial charge in [0.25, 0.3) is 0 Å². The normalized spacial score (nSPS) is 19.5. The van der Waals surface area contributed by atoms with E-state index in [2.05, 4.69) is 26.0 Å². The molecule has 10 nitrogen and oxygen atoms in total. The van der Waals surface area contributed by atoms with Crippen LogP contribution in [0, 0.1) is 0 Å². The third-order valence-electron chi connectivity index (χ3n) is 12.7. The number of hydrogen-bond donors (Lipinski definition) is 4. The number of aliphatic hydroxyl groups is 4. The van der Waals surface area contributed by atoms with Gasteiger partial charge in [-0.05, 0) is 32.1 Å². The first-order valence-corrected chi connectivity index (χ1v) is 26.8. The van der Waals surface area contributed by atoms with Gasteiger partial charge in [-0.25, -0.2) is 0 Å². The third-order valence-corrected chi connectivity index (χ3v) is 12.7. The number of rotatable bonds is 46. The number of ether oxygens (including phenoxy) is 4. The van der Waals surface area contributed by atoms with Gasteiger partial charge in [0.1, 0.15) is 31.0 Å². The summed E-state index contributed by atoms with van der Waals surface area (Å²) in [5, 5.41) is 40.2. The van der Waals surface area contributed by atoms with Crippen LogP contribution >= 0.6 is 0 Å². The summed E-state index contributed by atoms with van der Waals surface area (Å²) in [6, 6.07) is 0. The molecule has 0 saturated carbocycles. The minimum absolute atomic E-state index is 0.226. The van der Waals surface area contributed by atoms with Gasteiger partial charge in [-0.15, -0.1) is 0 Å². The van der Waals surface area contributed by atoms with Crippen molar-refractivity contribution in [1.29, 1.82) is 0 Å². The summed E-state index contributed by atoms with van der Waals surface area (Å²) in [4.78, 5) is 25.4. The molecular formula is C53H100O10. The second-order valence-electron chi connectivity index (χ2n) is 18.7. The van der Waals surface area contributed by atoms with Crippen molar-refractivity contribution in [1.82, 2.24) is 0 Å². The zero-order valence-electron chi connectivity index (χ0n) is 40.8. The predicted molar refractivity (Wildman–Crippen MR) is 256 cm³/mol. The van der Waals surface area contributed by atoms with E-state index in [0.29, 0.717) is 12.8 Å². The molecule has 6 atom stereocenters. The highest BCUT2D eigenvalue weighted by Gasteiger charge is 2.44. The van der Waals surface area contributed by atoms with Crippen LogP contribution in [0.3, 0.4) is 0 Å². The van der Waals surface area contributed by atoms with Crippen molar-refractivity contribution in [2.24, 2.45) is 0 Å². The van der Waals surface area contributed by atoms with Crippen LogP contribution in [0.5, 0.6) is 0 Å². The summed E-state index contributed by atoms with van der Waals surface area (Å²) in [6.45, 7) is 3.45. The molecule has 0 aromatic carbocycles. The average molecular weight is 897 g/mol. The molecular weight excluding hydrogens is 797 g/mol. The summed E-state index contributed by atoms with van der Waals surface area (Å²) < 4.78 is 22.2. The van der Waals surface area contributed by atoms with Gasteiger partial charge in [0.15, 0.2) is 12.4 Å². The molecule has 0 spiro atoms. The first-order valence-electron chi connectivity index (χ1n) is 26.8. The molecule has 0 aliphatic carbocycles. The van der Waals surface area contributed by atoms with Gasteiger partial charge in [0.2, 0.25) is 0 Å². The number of hydrogen-bond acceptors (Lipinski definition) is 10. The molecule has 1 rings (SSSR count). The molecule has 1 aliphatic heterocycles. The molecule has 372 valence electrons. The fraction of sp³-hybridized carbons (Fsp3) is 0.925. The van der Waals surface area contributed by atoms with Crippen LogP contribution in [0.15, 0.2) is 12.2 Å². The van der Waals surface area contributed by atoms with Crippen LogP contribution in [0.2, 0.25) is 0 Å². The van der Waals surface area contributed by atoms with Gasteiger partial charge in [-0.1, -0.05) is 225 Å². The second-order valence-corrected chi connectivity index (χ2v) is 18.7. The first-order chi connectivity index (χ1) is 30.8. The Morgan fingerprint density at radius 2 is 0.857 bits per heavy atom. The molecule has 2 unspecified atom stereocenters. The fourth-order valence-corrected chi connectivity index (χ4v) is 8.43. The Morgan fingerprint density at radius 3 is 1.29 bits per heavy atom. The third kappa shape index (κ3) is 35.3. The molecule has 63 heavy (non-hydrogen) atoms. The SMILES string of the molecule is CCCCCCCCCCCCCCCCCCCC/C=C/CCCC(=O)OC[C@@H](CO[C@H]1O[C@@H](CO)[C@@H](O)C(O)C1O)OC(=O)CCCCCCCCCCCCCCCCC. The number of allylic oxidation sites excluding steroid dienone is 2. The molecule has 0 aromatic rings. The molecule has 1 heterocycles. The lowest BCUT2D eigenvalue weighted by Crippen LogP contribution is -2.59. The Labute approximate surface area is 386 Å². The maximum atomic E-state index is 12.8. The van der Waals surface area contributed by atoms with Gasteiger partial charge in [-0.2, -0.15) is 0 Å². The zero-order valence-corrected chi connectivity index (χ0v) is 40.8. The van der Waals surface area contributed by atoms with E-state index in [9.17, 15) is 30.0 Å². The van der Waals surface area contributed by atoms with Crippen LogP contribution in [0.25, 0.3) is 0 Å². The van der Waals surface area contributed by atoms with Crippen molar-refractivity contribution < 1.29 is 49.0 Å². The maximum Gasteiger partial charge on any atom is 0.306 e. The maximum absolute atomic E-state index is 12.8. The van der Waals surface area contributed by atoms with Crippen molar-refractivity contribution >= 4 is 11.9 Å². The van der Waals surface area contributed by atoms with Crippen molar-refractivity contribution in [3.63, 3.8) is 0 Å². The Hall–Kier alpha value is -1.56. The van der Waals surface area contributed by atoms with E-state index < -0.39 is 55.4 Å². The van der Waals surface area contributed by atoms with E-state index in [1.165, 1.54) is 186 Å². The Balaban J connectivity index is 2.22. The largest absolute Gasteiger partial charge is 0.462 e. The highest BCUT2D eigenvalue weighted by Crippen LogP contribution is 2.23. The fourth-order valence-electron chi connectivity index (χ4n) is 8.43. The lowest BCUT2D eigenvalue weighted by molar-refractivity contribution is -0.305. The molecule has 1 saturated heterocycles. The monoisotopic (exact) mass is 897 g/mol. The van der Waals surface area contributed by atoms with E-state index in [1.807, 2.05) is 0 Å². The van der Waals surface area contributed by atoms with E-state index >= 15 is 0 Å². The second kappa shape index (κ2) is 44.3. The molecule has 1 aliphatic rings. The van der Waals surface area contributed by atoms with Crippen LogP contribution in [-0.2, 0) is 28.5 Å². The van der Waals surface area contributed by atoms with Crippen LogP contribution in [0.1, 0.15) is 258 Å². The van der Waals surface area contributed by atoms with Crippen LogP contribution in [-0.4, -0.2) is 89.0 Å². The van der Waals surface area contributed by atoms with E-state index in [1.54, 1.807) is 0 Å². The highest BCUT2D eigenvalue weighted by atomic mass is 16.7. The summed E-state index contributed by atoms with van der Waals surface area (Å²) in [7, 11) is 0. The number of esters is 2. The number of carbonyl (C=O) groups is 2. The quantitative estimate of drug-likeness (QED) is 0.0264. The topological polar surface area (TPSA) is 152 Å². The highest BCUT2D eigenvalue weighted by molar-refractivity contribution is 5.70. The summed E-state index contributed by atoms with van der Waals surface area (Å²) in [5.74, 6) is -0.828. The Morgan fingerprint density at radius 1 is 0.476 bits per heavy atom. The number of unbranched alkanes of at least 4 members (excludes halogenated alkanes) is 33. The molecule has 4 N–H and O–H groups in total. The van der Waals surface area contributed by atoms with E-state index in [4.69, 9.17) is 18.9 Å². The zero-order chi connectivity index (χ0) is 45.9. The van der Waals surface area contributed by atoms with Gasteiger partial charge < -0.3 is 39.4 Å². The van der Waals surface area contributed by atoms with Gasteiger partial charge >= 0.3 is 11.9 Å². The van der Waals surface area contributed by atoms with Gasteiger partial charge in [0.05, 0.1) is 13.2 Å². The lowest BCUT2D eigenvalue weighted by Gasteiger charge is -2.39. The minimum Gasteiger partial charge on any atom is -0.462 e. The standard InChI is InChI=1S/C53H100O10/c1-3-5-7-9-11-13-15-17-19-20-21-22-23-24-25-26-28-29-31-33-35-37-39-41-48(55)60-44-46(45-61-53-52(59)51(58)50(57)47(43-54)63-53)62-49(56)42-40-38-36-34-32-30-27-18-16-14-12-10-8-6-4-2/h33,35,46-47,50-54,57-59H,3-32,34,36-45H2,1-2H3/b35-33+/t46-,47-,50+,51?,52?,53-/m0/s1. The van der Waals surface area contributed by atoms with E-state index in [-0.39, 0.29) is 26.1 Å². The summed E-state index contributed by atoms with van der Waals surface area (Å²) in [5.41, 5.74) is 0. The predicted octanol–water partition coefficient (Wildman–Crippen LogP) is 12.7. The molecule has 1 fully saturated rings. The average Bonchev–Trinajstić information content (AvgIpc) is 3.28. The van der Waals surface area contributed by atoms with Crippen molar-refractivity contribution in [3.8, 4) is 0 Å². The van der Waals surface area contributed by atoms with Gasteiger partial charge in [-0.3, -0.25) is 9.59 Å². The van der Waals surface area contributed by atoms with E-state index in [0.717, 1.165) is 32.1 Å². The molecule has 0 amide bonds. The van der Waals surface area contributed by atoms with Crippen molar-refractivity contribution in [2.45, 2.75) is 295 Å². The Kier molecular flexibility index (Phi) is 41.8. The molecule has 0 aromatic heterocycles. The molecule has 0 bridgehead atoms. The van der Waals surface area contributed by atoms with Gasteiger partial charge in [0, 0.05) is 12.8 Å². The van der Waals surface area contributed by atoms with Crippen LogP contribution < -0.4 is 0 Å². The number of carbonyl (C=O) groups excluding carboxylic acids is 2. The number of aliphatic hydroxyl groups excluding tert-OH is 4. The smallest absolute Gasteiger partial charge is 0.306 e. The lowest BCUT2D eigenvalue weighted by atomic mass is 9.99. The first kappa shape index (κ1) is 59.5. The van der Waals surface area contributed by atoms with Crippen molar-refractivity contribution in [2.75, 3.05) is 19.8 Å². The van der Waals surface area contributed by atoms with Crippen molar-refractivity contribution in [3.05, 3.63) is 12.2 Å². The minimum atomic E-state index is -1.59. The molecule has 10 heteroatoms. The summed E-state index contributed by atoms with van der Waals surface area (Å²) in [6.07, 6.45) is 42.4. The molecule has 0 radical (unpaired) electrons. The Bertz CT molecular complexity index is 1040. The van der Waals surface area contributed by atoms with Crippen LogP contribution in [0.4, 0.5) is 0 Å². The summed E-state index contributed by atoms with van der Waals surface area (Å²) >= 11 is 0.